The van der Waals surface area contributed by atoms with Crippen LogP contribution < -0.4 is 15.5 Å². The van der Waals surface area contributed by atoms with E-state index in [1.165, 1.54) is 6.92 Å². The summed E-state index contributed by atoms with van der Waals surface area (Å²) in [7, 11) is 0. The maximum absolute atomic E-state index is 12.2. The lowest BCUT2D eigenvalue weighted by Crippen LogP contribution is -2.17. The van der Waals surface area contributed by atoms with Gasteiger partial charge in [0.1, 0.15) is 12.4 Å². The van der Waals surface area contributed by atoms with Gasteiger partial charge in [-0.1, -0.05) is 42.5 Å². The van der Waals surface area contributed by atoms with Gasteiger partial charge in [0.05, 0.1) is 6.21 Å². The summed E-state index contributed by atoms with van der Waals surface area (Å²) in [6.45, 7) is 1.87. The molecule has 0 aliphatic heterocycles. The highest BCUT2D eigenvalue weighted by atomic mass is 16.5. The molecule has 0 aromatic heterocycles. The minimum atomic E-state index is -0.349. The van der Waals surface area contributed by atoms with Gasteiger partial charge in [-0.15, -0.1) is 0 Å². The number of para-hydroxylation sites is 1. The maximum atomic E-state index is 12.2. The fourth-order valence-electron chi connectivity index (χ4n) is 2.59. The molecular weight excluding hydrogens is 366 g/mol. The van der Waals surface area contributed by atoms with Crippen molar-refractivity contribution in [1.82, 2.24) is 5.43 Å². The summed E-state index contributed by atoms with van der Waals surface area (Å²) < 4.78 is 5.87. The number of ether oxygens (including phenoxy) is 1. The second-order valence-corrected chi connectivity index (χ2v) is 6.27. The third-order valence-electron chi connectivity index (χ3n) is 3.99. The molecule has 3 rings (SSSR count). The van der Waals surface area contributed by atoms with Crippen molar-refractivity contribution in [3.63, 3.8) is 0 Å². The van der Waals surface area contributed by atoms with E-state index in [-0.39, 0.29) is 11.8 Å². The zero-order valence-corrected chi connectivity index (χ0v) is 16.0. The van der Waals surface area contributed by atoms with Crippen LogP contribution in [0.4, 0.5) is 5.69 Å². The van der Waals surface area contributed by atoms with Gasteiger partial charge in [-0.2, -0.15) is 5.10 Å². The number of amides is 2. The summed E-state index contributed by atoms with van der Waals surface area (Å²) in [4.78, 5) is 23.3. The van der Waals surface area contributed by atoms with Crippen molar-refractivity contribution in [2.24, 2.45) is 5.10 Å². The Kier molecular flexibility index (Phi) is 6.73. The number of hydrazone groups is 1. The number of hydrogen-bond acceptors (Lipinski definition) is 4. The van der Waals surface area contributed by atoms with Gasteiger partial charge in [-0.25, -0.2) is 5.43 Å². The van der Waals surface area contributed by atoms with E-state index >= 15 is 0 Å². The summed E-state index contributed by atoms with van der Waals surface area (Å²) >= 11 is 0. The Bertz CT molecular complexity index is 999. The molecule has 0 saturated carbocycles. The van der Waals surface area contributed by atoms with E-state index in [4.69, 9.17) is 4.74 Å². The summed E-state index contributed by atoms with van der Waals surface area (Å²) in [6, 6.07) is 23.9. The molecule has 0 atom stereocenters. The van der Waals surface area contributed by atoms with E-state index in [1.54, 1.807) is 30.5 Å². The maximum Gasteiger partial charge on any atom is 0.271 e. The second-order valence-electron chi connectivity index (χ2n) is 6.27. The molecular formula is C23H21N3O3. The van der Waals surface area contributed by atoms with Crippen LogP contribution in [0.1, 0.15) is 28.4 Å². The van der Waals surface area contributed by atoms with Crippen molar-refractivity contribution < 1.29 is 14.3 Å². The minimum Gasteiger partial charge on any atom is -0.488 e. The van der Waals surface area contributed by atoms with E-state index in [1.807, 2.05) is 54.6 Å². The highest BCUT2D eigenvalue weighted by Crippen LogP contribution is 2.17. The summed E-state index contributed by atoms with van der Waals surface area (Å²) in [6.07, 6.45) is 1.55. The number of carbonyl (C=O) groups excluding carboxylic acids is 2. The Morgan fingerprint density at radius 3 is 2.34 bits per heavy atom. The van der Waals surface area contributed by atoms with Gasteiger partial charge in [0.2, 0.25) is 5.91 Å². The molecule has 2 amide bonds. The van der Waals surface area contributed by atoms with Crippen LogP contribution >= 0.6 is 0 Å². The lowest BCUT2D eigenvalue weighted by atomic mass is 10.2. The van der Waals surface area contributed by atoms with Crippen LogP contribution in [0, 0.1) is 0 Å². The van der Waals surface area contributed by atoms with Gasteiger partial charge in [-0.05, 0) is 42.0 Å². The first-order valence-electron chi connectivity index (χ1n) is 9.08. The highest BCUT2D eigenvalue weighted by molar-refractivity contribution is 5.96. The molecule has 0 fully saturated rings. The molecule has 6 heteroatoms. The fraction of sp³-hybridized carbons (Fsp3) is 0.0870. The van der Waals surface area contributed by atoms with Crippen molar-refractivity contribution >= 4 is 23.7 Å². The van der Waals surface area contributed by atoms with Gasteiger partial charge >= 0.3 is 0 Å². The second kappa shape index (κ2) is 9.85. The van der Waals surface area contributed by atoms with E-state index in [0.717, 1.165) is 11.1 Å². The molecule has 0 heterocycles. The zero-order chi connectivity index (χ0) is 20.5. The molecule has 29 heavy (non-hydrogen) atoms. The van der Waals surface area contributed by atoms with E-state index in [0.29, 0.717) is 23.6 Å². The molecule has 146 valence electrons. The fourth-order valence-corrected chi connectivity index (χ4v) is 2.59. The first kappa shape index (κ1) is 19.8. The monoisotopic (exact) mass is 387 g/mol. The Hall–Kier alpha value is -3.93. The standard InChI is InChI=1S/C23H21N3O3/c1-17(27)25-21-13-11-19(12-14-21)23(28)26-24-15-20-9-5-6-10-22(20)29-16-18-7-3-2-4-8-18/h2-15H,16H2,1H3,(H,25,27)(H,26,28). The average Bonchev–Trinajstić information content (AvgIpc) is 2.74. The van der Waals surface area contributed by atoms with Crippen LogP contribution in [-0.2, 0) is 11.4 Å². The lowest BCUT2D eigenvalue weighted by molar-refractivity contribution is -0.114. The molecule has 0 aliphatic carbocycles. The number of nitrogens with zero attached hydrogens (tertiary/aromatic N) is 1. The van der Waals surface area contributed by atoms with Crippen LogP contribution in [0.25, 0.3) is 0 Å². The van der Waals surface area contributed by atoms with Gasteiger partial charge in [0, 0.05) is 23.7 Å². The third kappa shape index (κ3) is 6.04. The van der Waals surface area contributed by atoms with E-state index in [2.05, 4.69) is 15.8 Å². The first-order valence-corrected chi connectivity index (χ1v) is 9.08. The van der Waals surface area contributed by atoms with Gasteiger partial charge in [-0.3, -0.25) is 9.59 Å². The lowest BCUT2D eigenvalue weighted by Gasteiger charge is -2.09. The summed E-state index contributed by atoms with van der Waals surface area (Å²) in [5.41, 5.74) is 5.38. The molecule has 0 aliphatic rings. The molecule has 6 nitrogen and oxygen atoms in total. The predicted molar refractivity (Wildman–Crippen MR) is 113 cm³/mol. The molecule has 0 saturated heterocycles. The normalized spacial score (nSPS) is 10.5. The van der Waals surface area contributed by atoms with Gasteiger partial charge in [0.25, 0.3) is 5.91 Å². The number of rotatable bonds is 7. The van der Waals surface area contributed by atoms with Crippen molar-refractivity contribution in [3.05, 3.63) is 95.6 Å². The molecule has 0 radical (unpaired) electrons. The third-order valence-corrected chi connectivity index (χ3v) is 3.99. The molecule has 3 aromatic carbocycles. The molecule has 0 spiro atoms. The number of nitrogens with one attached hydrogen (secondary N) is 2. The number of hydrogen-bond donors (Lipinski definition) is 2. The predicted octanol–water partition coefficient (Wildman–Crippen LogP) is 3.99. The van der Waals surface area contributed by atoms with Crippen LogP contribution in [0.3, 0.4) is 0 Å². The summed E-state index contributed by atoms with van der Waals surface area (Å²) in [5.74, 6) is 0.160. The van der Waals surface area contributed by atoms with Crippen LogP contribution in [0.15, 0.2) is 84.0 Å². The van der Waals surface area contributed by atoms with Crippen molar-refractivity contribution in [2.45, 2.75) is 13.5 Å². The smallest absolute Gasteiger partial charge is 0.271 e. The Labute approximate surface area is 169 Å². The molecule has 2 N–H and O–H groups in total. The Morgan fingerprint density at radius 1 is 0.931 bits per heavy atom. The van der Waals surface area contributed by atoms with E-state index < -0.39 is 0 Å². The zero-order valence-electron chi connectivity index (χ0n) is 16.0. The SMILES string of the molecule is CC(=O)Nc1ccc(C(=O)NN=Cc2ccccc2OCc2ccccc2)cc1. The topological polar surface area (TPSA) is 79.8 Å². The molecule has 3 aromatic rings. The summed E-state index contributed by atoms with van der Waals surface area (Å²) in [5, 5.41) is 6.68. The van der Waals surface area contributed by atoms with Crippen LogP contribution in [0.2, 0.25) is 0 Å². The van der Waals surface area contributed by atoms with Crippen molar-refractivity contribution in [2.75, 3.05) is 5.32 Å². The van der Waals surface area contributed by atoms with Gasteiger partial charge < -0.3 is 10.1 Å². The molecule has 0 unspecified atom stereocenters. The van der Waals surface area contributed by atoms with Crippen LogP contribution in [0.5, 0.6) is 5.75 Å². The van der Waals surface area contributed by atoms with Crippen molar-refractivity contribution in [1.29, 1.82) is 0 Å². The quantitative estimate of drug-likeness (QED) is 0.475. The van der Waals surface area contributed by atoms with E-state index in [9.17, 15) is 9.59 Å². The number of carbonyl (C=O) groups is 2. The number of benzene rings is 3. The number of anilines is 1. The first-order chi connectivity index (χ1) is 14.1. The Balaban J connectivity index is 1.60. The minimum absolute atomic E-state index is 0.167. The van der Waals surface area contributed by atoms with Gasteiger partial charge in [0.15, 0.2) is 0 Å². The average molecular weight is 387 g/mol. The van der Waals surface area contributed by atoms with Crippen LogP contribution in [-0.4, -0.2) is 18.0 Å². The highest BCUT2D eigenvalue weighted by Gasteiger charge is 2.05. The molecule has 0 bridgehead atoms. The van der Waals surface area contributed by atoms with Crippen molar-refractivity contribution in [3.8, 4) is 5.75 Å². The Morgan fingerprint density at radius 2 is 1.62 bits per heavy atom. The largest absolute Gasteiger partial charge is 0.488 e.